The Labute approximate surface area is 98.1 Å². The van der Waals surface area contributed by atoms with Gasteiger partial charge in [-0.1, -0.05) is 0 Å². The fourth-order valence-electron chi connectivity index (χ4n) is 1.33. The van der Waals surface area contributed by atoms with Crippen molar-refractivity contribution in [2.45, 2.75) is 6.18 Å². The lowest BCUT2D eigenvalue weighted by Gasteiger charge is -2.09. The van der Waals surface area contributed by atoms with Gasteiger partial charge in [0, 0.05) is 6.20 Å². The molecule has 2 rings (SSSR count). The molecule has 0 aliphatic heterocycles. The predicted octanol–water partition coefficient (Wildman–Crippen LogP) is 2.39. The molecule has 0 saturated heterocycles. The summed E-state index contributed by atoms with van der Waals surface area (Å²) in [5.74, 6) is -0.137. The normalized spacial score (nSPS) is 11.7. The van der Waals surface area contributed by atoms with Crippen LogP contribution in [-0.4, -0.2) is 9.97 Å². The van der Waals surface area contributed by atoms with Crippen LogP contribution in [0.1, 0.15) is 5.56 Å². The monoisotopic (exact) mass is 260 g/mol. The van der Waals surface area contributed by atoms with E-state index in [2.05, 4.69) is 9.97 Å². The van der Waals surface area contributed by atoms with Gasteiger partial charge < -0.3 is 11.5 Å². The molecule has 0 atom stereocenters. The molecular formula is C9H7F3N4S. The van der Waals surface area contributed by atoms with Gasteiger partial charge in [0.2, 0.25) is 5.95 Å². The number of anilines is 2. The summed E-state index contributed by atoms with van der Waals surface area (Å²) in [4.78, 5) is 7.28. The van der Waals surface area contributed by atoms with Crippen LogP contribution in [0.3, 0.4) is 0 Å². The number of nitrogens with zero attached hydrogens (tertiary/aromatic N) is 2. The first kappa shape index (κ1) is 11.6. The van der Waals surface area contributed by atoms with E-state index >= 15 is 0 Å². The van der Waals surface area contributed by atoms with E-state index in [0.717, 1.165) is 17.4 Å². The van der Waals surface area contributed by atoms with Crippen LogP contribution >= 0.6 is 11.3 Å². The Morgan fingerprint density at radius 3 is 2.53 bits per heavy atom. The topological polar surface area (TPSA) is 77.8 Å². The van der Waals surface area contributed by atoms with Gasteiger partial charge in [-0.15, -0.1) is 11.3 Å². The standard InChI is InChI=1S/C9H7F3N4S/c10-9(11,12)5-1-2-17-6(5)4-3-15-8(14)16-7(4)13/h1-3H,(H4,13,14,15,16). The third kappa shape index (κ3) is 2.16. The predicted molar refractivity (Wildman–Crippen MR) is 59.2 cm³/mol. The van der Waals surface area contributed by atoms with Crippen LogP contribution in [-0.2, 0) is 6.18 Å². The molecule has 90 valence electrons. The van der Waals surface area contributed by atoms with Crippen molar-refractivity contribution in [3.8, 4) is 10.4 Å². The van der Waals surface area contributed by atoms with Crippen molar-refractivity contribution in [1.29, 1.82) is 0 Å². The van der Waals surface area contributed by atoms with Crippen LogP contribution in [0.2, 0.25) is 0 Å². The molecule has 4 nitrogen and oxygen atoms in total. The highest BCUT2D eigenvalue weighted by atomic mass is 32.1. The average molecular weight is 260 g/mol. The maximum absolute atomic E-state index is 12.7. The molecule has 0 aliphatic carbocycles. The summed E-state index contributed by atoms with van der Waals surface area (Å²) >= 11 is 0.929. The highest BCUT2D eigenvalue weighted by Crippen LogP contribution is 2.41. The van der Waals surface area contributed by atoms with Crippen molar-refractivity contribution in [1.82, 2.24) is 9.97 Å². The maximum Gasteiger partial charge on any atom is 0.417 e. The van der Waals surface area contributed by atoms with Gasteiger partial charge in [0.1, 0.15) is 5.82 Å². The van der Waals surface area contributed by atoms with E-state index < -0.39 is 11.7 Å². The second-order valence-corrected chi connectivity index (χ2v) is 4.10. The third-order valence-electron chi connectivity index (χ3n) is 2.05. The Balaban J connectivity index is 2.58. The molecule has 17 heavy (non-hydrogen) atoms. The van der Waals surface area contributed by atoms with E-state index in [1.807, 2.05) is 0 Å². The van der Waals surface area contributed by atoms with Crippen molar-refractivity contribution < 1.29 is 13.2 Å². The molecule has 2 heterocycles. The van der Waals surface area contributed by atoms with Gasteiger partial charge in [-0.3, -0.25) is 0 Å². The molecule has 0 spiro atoms. The van der Waals surface area contributed by atoms with Crippen LogP contribution in [0.5, 0.6) is 0 Å². The van der Waals surface area contributed by atoms with E-state index in [1.54, 1.807) is 0 Å². The molecule has 0 bridgehead atoms. The molecule has 8 heteroatoms. The maximum atomic E-state index is 12.7. The number of hydrogen-bond acceptors (Lipinski definition) is 5. The molecule has 0 aliphatic rings. The Hall–Kier alpha value is -1.83. The Morgan fingerprint density at radius 1 is 1.24 bits per heavy atom. The zero-order chi connectivity index (χ0) is 12.6. The Bertz CT molecular complexity index is 549. The molecule has 0 amide bonds. The number of halogens is 3. The van der Waals surface area contributed by atoms with Gasteiger partial charge in [0.05, 0.1) is 16.0 Å². The van der Waals surface area contributed by atoms with Gasteiger partial charge in [-0.2, -0.15) is 18.2 Å². The average Bonchev–Trinajstić information content (AvgIpc) is 2.65. The summed E-state index contributed by atoms with van der Waals surface area (Å²) in [6.45, 7) is 0. The summed E-state index contributed by atoms with van der Waals surface area (Å²) < 4.78 is 38.0. The zero-order valence-electron chi connectivity index (χ0n) is 8.32. The summed E-state index contributed by atoms with van der Waals surface area (Å²) in [5, 5.41) is 1.34. The fraction of sp³-hybridized carbons (Fsp3) is 0.111. The lowest BCUT2D eigenvalue weighted by molar-refractivity contribution is -0.136. The molecule has 0 unspecified atom stereocenters. The highest BCUT2D eigenvalue weighted by molar-refractivity contribution is 7.13. The number of nitrogens with two attached hydrogens (primary N) is 2. The van der Waals surface area contributed by atoms with E-state index in [0.29, 0.717) is 0 Å². The van der Waals surface area contributed by atoms with Crippen molar-refractivity contribution >= 4 is 23.1 Å². The quantitative estimate of drug-likeness (QED) is 0.825. The van der Waals surface area contributed by atoms with Crippen molar-refractivity contribution in [3.63, 3.8) is 0 Å². The van der Waals surface area contributed by atoms with Crippen LogP contribution in [0.25, 0.3) is 10.4 Å². The molecule has 0 saturated carbocycles. The number of rotatable bonds is 1. The highest BCUT2D eigenvalue weighted by Gasteiger charge is 2.35. The molecule has 4 N–H and O–H groups in total. The van der Waals surface area contributed by atoms with Crippen molar-refractivity contribution in [3.05, 3.63) is 23.2 Å². The van der Waals surface area contributed by atoms with Gasteiger partial charge >= 0.3 is 6.18 Å². The SMILES string of the molecule is Nc1ncc(-c2sccc2C(F)(F)F)c(N)n1. The summed E-state index contributed by atoms with van der Waals surface area (Å²) in [5.41, 5.74) is 10.2. The minimum atomic E-state index is -4.43. The largest absolute Gasteiger partial charge is 0.417 e. The summed E-state index contributed by atoms with van der Waals surface area (Å²) in [6.07, 6.45) is -3.23. The fourth-order valence-corrected chi connectivity index (χ4v) is 2.26. The van der Waals surface area contributed by atoms with Crippen molar-refractivity contribution in [2.24, 2.45) is 0 Å². The summed E-state index contributed by atoms with van der Waals surface area (Å²) in [6, 6.07) is 0.996. The van der Waals surface area contributed by atoms with Gasteiger partial charge in [-0.05, 0) is 11.4 Å². The van der Waals surface area contributed by atoms with Gasteiger partial charge in [0.15, 0.2) is 0 Å². The first-order valence-electron chi connectivity index (χ1n) is 4.42. The van der Waals surface area contributed by atoms with Crippen LogP contribution in [0.4, 0.5) is 24.9 Å². The number of nitrogen functional groups attached to an aromatic ring is 2. The number of alkyl halides is 3. The molecule has 2 aromatic heterocycles. The van der Waals surface area contributed by atoms with E-state index in [9.17, 15) is 13.2 Å². The zero-order valence-corrected chi connectivity index (χ0v) is 9.14. The number of aromatic nitrogens is 2. The lowest BCUT2D eigenvalue weighted by Crippen LogP contribution is -2.06. The van der Waals surface area contributed by atoms with Gasteiger partial charge in [-0.25, -0.2) is 4.98 Å². The van der Waals surface area contributed by atoms with E-state index in [1.165, 1.54) is 11.6 Å². The van der Waals surface area contributed by atoms with E-state index in [-0.39, 0.29) is 22.2 Å². The number of hydrogen-bond donors (Lipinski definition) is 2. The molecule has 0 radical (unpaired) electrons. The second kappa shape index (κ2) is 3.88. The second-order valence-electron chi connectivity index (χ2n) is 3.19. The van der Waals surface area contributed by atoms with Crippen LogP contribution in [0.15, 0.2) is 17.6 Å². The molecule has 0 fully saturated rings. The molecule has 0 aromatic carbocycles. The first-order valence-corrected chi connectivity index (χ1v) is 5.30. The minimum Gasteiger partial charge on any atom is -0.383 e. The first-order chi connectivity index (χ1) is 7.89. The Morgan fingerprint density at radius 2 is 1.94 bits per heavy atom. The summed E-state index contributed by atoms with van der Waals surface area (Å²) in [7, 11) is 0. The third-order valence-corrected chi connectivity index (χ3v) is 3.00. The van der Waals surface area contributed by atoms with E-state index in [4.69, 9.17) is 11.5 Å². The number of thiophene rings is 1. The molecule has 2 aromatic rings. The Kier molecular flexibility index (Phi) is 2.66. The van der Waals surface area contributed by atoms with Gasteiger partial charge in [0.25, 0.3) is 0 Å². The molecular weight excluding hydrogens is 253 g/mol. The smallest absolute Gasteiger partial charge is 0.383 e. The lowest BCUT2D eigenvalue weighted by atomic mass is 10.1. The van der Waals surface area contributed by atoms with Crippen molar-refractivity contribution in [2.75, 3.05) is 11.5 Å². The van der Waals surface area contributed by atoms with Crippen LogP contribution < -0.4 is 11.5 Å². The van der Waals surface area contributed by atoms with Crippen LogP contribution in [0, 0.1) is 0 Å². The minimum absolute atomic E-state index is 0.00463.